The summed E-state index contributed by atoms with van der Waals surface area (Å²) in [6, 6.07) is 0. The van der Waals surface area contributed by atoms with Gasteiger partial charge in [0.2, 0.25) is 0 Å². The lowest BCUT2D eigenvalue weighted by molar-refractivity contribution is 0.144. The van der Waals surface area contributed by atoms with Crippen LogP contribution in [0.1, 0.15) is 53.9 Å². The van der Waals surface area contributed by atoms with Crippen molar-refractivity contribution >= 4 is 0 Å². The van der Waals surface area contributed by atoms with Gasteiger partial charge in [-0.15, -0.1) is 0 Å². The average molecular weight is 347 g/mol. The fourth-order valence-electron chi connectivity index (χ4n) is 2.54. The maximum Gasteiger partial charge on any atom is 0.100 e. The van der Waals surface area contributed by atoms with Crippen LogP contribution in [0.25, 0.3) is 0 Å². The maximum absolute atomic E-state index is 6.14. The molecule has 3 nitrogen and oxygen atoms in total. The standard InChI is InChI=1S/C20H32N2O.C2H6/c1-5-6-10-19(17(2)3)20(21)12-11-18(4)23-16-15-22-13-8-7-9-14-22;1-2/h5-6,10-12H,2,7-9,13-16,21H2,1,3-4H3;1-2H3/b6-5-,18-11+,19-10+,20-12+;. The Labute approximate surface area is 155 Å². The van der Waals surface area contributed by atoms with Crippen LogP contribution in [0.2, 0.25) is 0 Å². The van der Waals surface area contributed by atoms with Gasteiger partial charge < -0.3 is 10.5 Å². The zero-order valence-electron chi connectivity index (χ0n) is 17.0. The lowest BCUT2D eigenvalue weighted by Gasteiger charge is -2.26. The highest BCUT2D eigenvalue weighted by atomic mass is 16.5. The molecule has 25 heavy (non-hydrogen) atoms. The van der Waals surface area contributed by atoms with Crippen molar-refractivity contribution in [3.63, 3.8) is 0 Å². The highest BCUT2D eigenvalue weighted by Crippen LogP contribution is 2.14. The molecule has 2 N–H and O–H groups in total. The van der Waals surface area contributed by atoms with Gasteiger partial charge in [-0.25, -0.2) is 0 Å². The highest BCUT2D eigenvalue weighted by Gasteiger charge is 2.09. The normalized spacial score (nSPS) is 17.2. The number of rotatable bonds is 8. The summed E-state index contributed by atoms with van der Waals surface area (Å²) >= 11 is 0. The number of piperidine rings is 1. The minimum Gasteiger partial charge on any atom is -0.497 e. The number of allylic oxidation sites excluding steroid dienone is 7. The summed E-state index contributed by atoms with van der Waals surface area (Å²) in [5.74, 6) is 0.886. The van der Waals surface area contributed by atoms with Crippen LogP contribution in [0.4, 0.5) is 0 Å². The molecular weight excluding hydrogens is 308 g/mol. The molecule has 0 bridgehead atoms. The van der Waals surface area contributed by atoms with Crippen molar-refractivity contribution < 1.29 is 4.74 Å². The largest absolute Gasteiger partial charge is 0.497 e. The summed E-state index contributed by atoms with van der Waals surface area (Å²) in [4.78, 5) is 2.47. The summed E-state index contributed by atoms with van der Waals surface area (Å²) in [6.07, 6.45) is 13.7. The van der Waals surface area contributed by atoms with Crippen LogP contribution in [0.5, 0.6) is 0 Å². The molecule has 0 spiro atoms. The third kappa shape index (κ3) is 10.7. The molecular formula is C22H38N2O. The number of likely N-dealkylation sites (tertiary alicyclic amines) is 1. The number of nitrogens with zero attached hydrogens (tertiary/aromatic N) is 1. The molecule has 0 unspecified atom stereocenters. The second-order valence-electron chi connectivity index (χ2n) is 6.04. The molecule has 0 atom stereocenters. The van der Waals surface area contributed by atoms with Gasteiger partial charge in [-0.1, -0.05) is 45.1 Å². The lowest BCUT2D eigenvalue weighted by Crippen LogP contribution is -2.32. The molecule has 0 aliphatic carbocycles. The molecule has 1 aliphatic heterocycles. The highest BCUT2D eigenvalue weighted by molar-refractivity contribution is 5.45. The first-order chi connectivity index (χ1) is 12.0. The van der Waals surface area contributed by atoms with Gasteiger partial charge in [0, 0.05) is 12.2 Å². The van der Waals surface area contributed by atoms with Crippen molar-refractivity contribution in [2.45, 2.75) is 53.9 Å². The van der Waals surface area contributed by atoms with Crippen LogP contribution in [0.15, 0.2) is 59.6 Å². The monoisotopic (exact) mass is 346 g/mol. The van der Waals surface area contributed by atoms with Gasteiger partial charge in [-0.05, 0) is 70.0 Å². The van der Waals surface area contributed by atoms with E-state index in [0.29, 0.717) is 5.70 Å². The van der Waals surface area contributed by atoms with E-state index < -0.39 is 0 Å². The Morgan fingerprint density at radius 1 is 1.08 bits per heavy atom. The molecule has 1 saturated heterocycles. The number of ether oxygens (including phenoxy) is 1. The number of nitrogens with two attached hydrogens (primary N) is 1. The van der Waals surface area contributed by atoms with E-state index in [4.69, 9.17) is 10.5 Å². The van der Waals surface area contributed by atoms with Gasteiger partial charge in [-0.3, -0.25) is 4.90 Å². The third-order valence-corrected chi connectivity index (χ3v) is 3.91. The van der Waals surface area contributed by atoms with Gasteiger partial charge in [0.25, 0.3) is 0 Å². The van der Waals surface area contributed by atoms with Crippen LogP contribution >= 0.6 is 0 Å². The molecule has 0 radical (unpaired) electrons. The van der Waals surface area contributed by atoms with Crippen LogP contribution in [0, 0.1) is 0 Å². The smallest absolute Gasteiger partial charge is 0.100 e. The molecule has 3 heteroatoms. The van der Waals surface area contributed by atoms with E-state index in [9.17, 15) is 0 Å². The topological polar surface area (TPSA) is 38.5 Å². The second kappa shape index (κ2) is 14.6. The maximum atomic E-state index is 6.14. The van der Waals surface area contributed by atoms with Crippen LogP contribution in [-0.4, -0.2) is 31.1 Å². The molecule has 0 aromatic carbocycles. The van der Waals surface area contributed by atoms with E-state index in [1.807, 2.05) is 65.0 Å². The van der Waals surface area contributed by atoms with Gasteiger partial charge in [0.1, 0.15) is 6.61 Å². The van der Waals surface area contributed by atoms with Crippen molar-refractivity contribution in [1.82, 2.24) is 4.90 Å². The fraction of sp³-hybridized carbons (Fsp3) is 0.545. The van der Waals surface area contributed by atoms with Gasteiger partial charge in [0.05, 0.1) is 5.76 Å². The Kier molecular flexibility index (Phi) is 13.6. The van der Waals surface area contributed by atoms with E-state index >= 15 is 0 Å². The number of hydrogen-bond acceptors (Lipinski definition) is 3. The van der Waals surface area contributed by atoms with Crippen LogP contribution in [-0.2, 0) is 4.74 Å². The molecule has 1 aliphatic rings. The molecule has 1 rings (SSSR count). The lowest BCUT2D eigenvalue weighted by atomic mass is 10.1. The first-order valence-corrected chi connectivity index (χ1v) is 9.53. The van der Waals surface area contributed by atoms with E-state index in [1.54, 1.807) is 0 Å². The quantitative estimate of drug-likeness (QED) is 0.476. The predicted molar refractivity (Wildman–Crippen MR) is 111 cm³/mol. The Balaban J connectivity index is 0.00000277. The minimum atomic E-state index is 0.703. The second-order valence-corrected chi connectivity index (χ2v) is 6.04. The SMILES string of the molecule is C=C(C)C(=C\C=C/C)/C(N)=C\C=C(/C)OCCN1CCCCC1.CC. The van der Waals surface area contributed by atoms with E-state index in [-0.39, 0.29) is 0 Å². The van der Waals surface area contributed by atoms with Gasteiger partial charge >= 0.3 is 0 Å². The Bertz CT molecular complexity index is 492. The molecule has 1 fully saturated rings. The average Bonchev–Trinajstić information content (AvgIpc) is 2.62. The molecule has 0 aromatic heterocycles. The van der Waals surface area contributed by atoms with Crippen molar-refractivity contribution in [2.75, 3.05) is 26.2 Å². The summed E-state index contributed by atoms with van der Waals surface area (Å²) in [6.45, 7) is 18.0. The number of hydrogen-bond donors (Lipinski definition) is 1. The van der Waals surface area contributed by atoms with Gasteiger partial charge in [-0.2, -0.15) is 0 Å². The molecule has 0 saturated carbocycles. The van der Waals surface area contributed by atoms with Crippen LogP contribution in [0.3, 0.4) is 0 Å². The molecule has 1 heterocycles. The summed E-state index contributed by atoms with van der Waals surface area (Å²) < 4.78 is 5.78. The molecule has 142 valence electrons. The van der Waals surface area contributed by atoms with E-state index in [1.165, 1.54) is 32.4 Å². The summed E-state index contributed by atoms with van der Waals surface area (Å²) in [5.41, 5.74) is 8.76. The Morgan fingerprint density at radius 2 is 1.72 bits per heavy atom. The first-order valence-electron chi connectivity index (χ1n) is 9.53. The third-order valence-electron chi connectivity index (χ3n) is 3.91. The summed E-state index contributed by atoms with van der Waals surface area (Å²) in [7, 11) is 0. The fourth-order valence-corrected chi connectivity index (χ4v) is 2.54. The minimum absolute atomic E-state index is 0.703. The van der Waals surface area contributed by atoms with Crippen molar-refractivity contribution in [1.29, 1.82) is 0 Å². The van der Waals surface area contributed by atoms with E-state index in [2.05, 4.69) is 11.5 Å². The van der Waals surface area contributed by atoms with Crippen molar-refractivity contribution in [3.8, 4) is 0 Å². The van der Waals surface area contributed by atoms with Gasteiger partial charge in [0.15, 0.2) is 0 Å². The van der Waals surface area contributed by atoms with Crippen molar-refractivity contribution in [3.05, 3.63) is 59.6 Å². The van der Waals surface area contributed by atoms with Crippen molar-refractivity contribution in [2.24, 2.45) is 5.73 Å². The Morgan fingerprint density at radius 3 is 2.28 bits per heavy atom. The Hall–Kier alpha value is -1.74. The zero-order valence-corrected chi connectivity index (χ0v) is 17.0. The molecule has 0 amide bonds. The van der Waals surface area contributed by atoms with E-state index in [0.717, 1.165) is 30.1 Å². The first kappa shape index (κ1) is 23.3. The predicted octanol–water partition coefficient (Wildman–Crippen LogP) is 5.34. The zero-order chi connectivity index (χ0) is 19.1. The van der Waals surface area contributed by atoms with Crippen LogP contribution < -0.4 is 5.73 Å². The summed E-state index contributed by atoms with van der Waals surface area (Å²) in [5, 5.41) is 0. The molecule has 0 aromatic rings.